The van der Waals surface area contributed by atoms with E-state index < -0.39 is 0 Å². The van der Waals surface area contributed by atoms with Gasteiger partial charge < -0.3 is 5.73 Å². The zero-order valence-electron chi connectivity index (χ0n) is 10.5. The molecule has 1 saturated carbocycles. The summed E-state index contributed by atoms with van der Waals surface area (Å²) in [6, 6.07) is -0.298. The van der Waals surface area contributed by atoms with E-state index >= 15 is 0 Å². The smallest absolute Gasteiger partial charge is 0.153 e. The predicted octanol–water partition coefficient (Wildman–Crippen LogP) is 2.76. The highest BCUT2D eigenvalue weighted by molar-refractivity contribution is 5.86. The number of rotatable bonds is 2. The van der Waals surface area contributed by atoms with Crippen LogP contribution in [0.25, 0.3) is 0 Å². The first-order valence-corrected chi connectivity index (χ1v) is 6.11. The van der Waals surface area contributed by atoms with Gasteiger partial charge in [0.25, 0.3) is 0 Å². The second kappa shape index (κ2) is 4.65. The van der Waals surface area contributed by atoms with Gasteiger partial charge in [-0.25, -0.2) is 0 Å². The fourth-order valence-electron chi connectivity index (χ4n) is 2.37. The van der Waals surface area contributed by atoms with Crippen LogP contribution in [0.4, 0.5) is 0 Å². The topological polar surface area (TPSA) is 43.1 Å². The average Bonchev–Trinajstić information content (AvgIpc) is 2.14. The summed E-state index contributed by atoms with van der Waals surface area (Å²) in [5.41, 5.74) is 5.92. The van der Waals surface area contributed by atoms with Gasteiger partial charge in [0.05, 0.1) is 6.04 Å². The fraction of sp³-hybridized carbons (Fsp3) is 0.923. The van der Waals surface area contributed by atoms with Crippen molar-refractivity contribution >= 4 is 5.78 Å². The Morgan fingerprint density at radius 2 is 1.93 bits per heavy atom. The van der Waals surface area contributed by atoms with Gasteiger partial charge in [0.2, 0.25) is 0 Å². The van der Waals surface area contributed by atoms with Crippen LogP contribution in [0.1, 0.15) is 53.4 Å². The molecule has 0 aromatic carbocycles. The molecule has 88 valence electrons. The summed E-state index contributed by atoms with van der Waals surface area (Å²) < 4.78 is 0. The van der Waals surface area contributed by atoms with Gasteiger partial charge in [0.15, 0.2) is 5.78 Å². The lowest BCUT2D eigenvalue weighted by Gasteiger charge is -2.32. The largest absolute Gasteiger partial charge is 0.321 e. The molecule has 0 aromatic heterocycles. The van der Waals surface area contributed by atoms with E-state index in [1.54, 1.807) is 0 Å². The molecule has 0 radical (unpaired) electrons. The normalized spacial score (nSPS) is 29.9. The molecule has 1 aliphatic rings. The predicted molar refractivity (Wildman–Crippen MR) is 63.6 cm³/mol. The zero-order valence-corrected chi connectivity index (χ0v) is 10.5. The molecule has 15 heavy (non-hydrogen) atoms. The lowest BCUT2D eigenvalue weighted by atomic mass is 9.74. The highest BCUT2D eigenvalue weighted by Gasteiger charge is 2.34. The molecule has 0 bridgehead atoms. The van der Waals surface area contributed by atoms with Crippen LogP contribution >= 0.6 is 0 Å². The third-order valence-electron chi connectivity index (χ3n) is 3.58. The Bertz CT molecular complexity index is 229. The highest BCUT2D eigenvalue weighted by Crippen LogP contribution is 2.32. The Balaban J connectivity index is 2.60. The molecule has 2 N–H and O–H groups in total. The van der Waals surface area contributed by atoms with Crippen molar-refractivity contribution in [3.8, 4) is 0 Å². The Morgan fingerprint density at radius 1 is 1.33 bits per heavy atom. The number of hydrogen-bond donors (Lipinski definition) is 1. The quantitative estimate of drug-likeness (QED) is 0.763. The van der Waals surface area contributed by atoms with Crippen molar-refractivity contribution in [2.45, 2.75) is 59.4 Å². The summed E-state index contributed by atoms with van der Waals surface area (Å²) in [6.07, 6.45) is 4.55. The summed E-state index contributed by atoms with van der Waals surface area (Å²) >= 11 is 0. The monoisotopic (exact) mass is 211 g/mol. The number of nitrogens with two attached hydrogens (primary N) is 1. The maximum Gasteiger partial charge on any atom is 0.153 e. The lowest BCUT2D eigenvalue weighted by molar-refractivity contribution is -0.127. The molecule has 0 heterocycles. The van der Waals surface area contributed by atoms with Crippen LogP contribution in [-0.4, -0.2) is 11.8 Å². The molecule has 2 nitrogen and oxygen atoms in total. The average molecular weight is 211 g/mol. The van der Waals surface area contributed by atoms with E-state index in [9.17, 15) is 4.79 Å². The van der Waals surface area contributed by atoms with Crippen LogP contribution in [0.5, 0.6) is 0 Å². The van der Waals surface area contributed by atoms with Crippen LogP contribution in [0, 0.1) is 17.3 Å². The van der Waals surface area contributed by atoms with Crippen LogP contribution in [0.15, 0.2) is 0 Å². The minimum atomic E-state index is -0.298. The van der Waals surface area contributed by atoms with E-state index in [-0.39, 0.29) is 23.2 Å². The molecule has 2 heteroatoms. The first-order chi connectivity index (χ1) is 6.82. The second-order valence-electron chi connectivity index (χ2n) is 6.21. The summed E-state index contributed by atoms with van der Waals surface area (Å²) in [5, 5.41) is 0. The third kappa shape index (κ3) is 3.30. The maximum absolute atomic E-state index is 12.2. The molecule has 3 atom stereocenters. The standard InChI is InChI=1S/C13H25NO/c1-9-6-5-7-10(8-9)11(15)12(14)13(2,3)4/h9-10,12H,5-8,14H2,1-4H3. The van der Waals surface area contributed by atoms with Gasteiger partial charge in [-0.3, -0.25) is 4.79 Å². The first kappa shape index (κ1) is 12.7. The number of carbonyl (C=O) groups is 1. The molecular formula is C13H25NO. The van der Waals surface area contributed by atoms with Gasteiger partial charge >= 0.3 is 0 Å². The molecule has 0 aromatic rings. The minimum absolute atomic E-state index is 0.0994. The minimum Gasteiger partial charge on any atom is -0.321 e. The zero-order chi connectivity index (χ0) is 11.6. The van der Waals surface area contributed by atoms with Crippen molar-refractivity contribution in [3.05, 3.63) is 0 Å². The van der Waals surface area contributed by atoms with Gasteiger partial charge in [-0.15, -0.1) is 0 Å². The van der Waals surface area contributed by atoms with Gasteiger partial charge in [-0.2, -0.15) is 0 Å². The number of ketones is 1. The van der Waals surface area contributed by atoms with Crippen LogP contribution in [0.3, 0.4) is 0 Å². The van der Waals surface area contributed by atoms with Crippen LogP contribution in [0.2, 0.25) is 0 Å². The van der Waals surface area contributed by atoms with Crippen molar-refractivity contribution in [2.24, 2.45) is 23.0 Å². The van der Waals surface area contributed by atoms with E-state index in [0.29, 0.717) is 5.92 Å². The Kier molecular flexibility index (Phi) is 3.93. The Morgan fingerprint density at radius 3 is 2.40 bits per heavy atom. The van der Waals surface area contributed by atoms with Gasteiger partial charge in [0, 0.05) is 5.92 Å². The molecule has 1 fully saturated rings. The van der Waals surface area contributed by atoms with Crippen molar-refractivity contribution in [3.63, 3.8) is 0 Å². The molecular weight excluding hydrogens is 186 g/mol. The molecule has 1 aliphatic carbocycles. The van der Waals surface area contributed by atoms with Gasteiger partial charge in [-0.1, -0.05) is 40.5 Å². The van der Waals surface area contributed by atoms with Crippen molar-refractivity contribution in [1.82, 2.24) is 0 Å². The van der Waals surface area contributed by atoms with Crippen molar-refractivity contribution < 1.29 is 4.79 Å². The van der Waals surface area contributed by atoms with Crippen LogP contribution in [-0.2, 0) is 4.79 Å². The summed E-state index contributed by atoms with van der Waals surface area (Å²) in [4.78, 5) is 12.2. The Hall–Kier alpha value is -0.370. The number of hydrogen-bond acceptors (Lipinski definition) is 2. The van der Waals surface area contributed by atoms with Crippen molar-refractivity contribution in [2.75, 3.05) is 0 Å². The molecule has 0 spiro atoms. The SMILES string of the molecule is CC1CCCC(C(=O)C(N)C(C)(C)C)C1. The molecule has 0 saturated heterocycles. The fourth-order valence-corrected chi connectivity index (χ4v) is 2.37. The molecule has 0 amide bonds. The van der Waals surface area contributed by atoms with E-state index in [1.165, 1.54) is 12.8 Å². The van der Waals surface area contributed by atoms with Crippen molar-refractivity contribution in [1.29, 1.82) is 0 Å². The van der Waals surface area contributed by atoms with Gasteiger partial charge in [0.1, 0.15) is 0 Å². The first-order valence-electron chi connectivity index (χ1n) is 6.11. The van der Waals surface area contributed by atoms with E-state index in [4.69, 9.17) is 5.73 Å². The number of carbonyl (C=O) groups excluding carboxylic acids is 1. The third-order valence-corrected chi connectivity index (χ3v) is 3.58. The number of Topliss-reactive ketones (excluding diaryl/α,β-unsaturated/α-hetero) is 1. The summed E-state index contributed by atoms with van der Waals surface area (Å²) in [7, 11) is 0. The molecule has 3 unspecified atom stereocenters. The Labute approximate surface area is 93.6 Å². The molecule has 1 rings (SSSR count). The second-order valence-corrected chi connectivity index (χ2v) is 6.21. The maximum atomic E-state index is 12.2. The molecule has 0 aliphatic heterocycles. The van der Waals surface area contributed by atoms with Gasteiger partial charge in [-0.05, 0) is 24.2 Å². The summed E-state index contributed by atoms with van der Waals surface area (Å²) in [5.74, 6) is 1.21. The summed E-state index contributed by atoms with van der Waals surface area (Å²) in [6.45, 7) is 8.37. The van der Waals surface area contributed by atoms with Crippen LogP contribution < -0.4 is 5.73 Å². The van der Waals surface area contributed by atoms with E-state index in [1.807, 2.05) is 20.8 Å². The lowest BCUT2D eigenvalue weighted by Crippen LogP contribution is -2.46. The van der Waals surface area contributed by atoms with E-state index in [2.05, 4.69) is 6.92 Å². The highest BCUT2D eigenvalue weighted by atomic mass is 16.1. The van der Waals surface area contributed by atoms with E-state index in [0.717, 1.165) is 12.8 Å².